The van der Waals surface area contributed by atoms with E-state index in [4.69, 9.17) is 14.9 Å². The van der Waals surface area contributed by atoms with Crippen molar-refractivity contribution in [2.45, 2.75) is 13.8 Å². The second kappa shape index (κ2) is 9.36. The molecule has 86 valence electrons. The number of hydrogen-bond acceptors (Lipinski definition) is 5. The average molecular weight is 206 g/mol. The highest BCUT2D eigenvalue weighted by atomic mass is 16.5. The minimum absolute atomic E-state index is 0.0226. The van der Waals surface area contributed by atoms with Crippen LogP contribution in [-0.4, -0.2) is 55.0 Å². The van der Waals surface area contributed by atoms with E-state index in [0.717, 1.165) is 0 Å². The Labute approximate surface area is 85.7 Å². The SMILES string of the molecule is CC(C)COCN(CO)CCNCO. The molecule has 0 aliphatic heterocycles. The van der Waals surface area contributed by atoms with Crippen LogP contribution in [0.1, 0.15) is 13.8 Å². The number of aliphatic hydroxyl groups excluding tert-OH is 2. The van der Waals surface area contributed by atoms with Crippen molar-refractivity contribution in [2.24, 2.45) is 5.92 Å². The van der Waals surface area contributed by atoms with Crippen LogP contribution in [0.5, 0.6) is 0 Å². The maximum atomic E-state index is 8.95. The summed E-state index contributed by atoms with van der Waals surface area (Å²) in [6, 6.07) is 0. The number of hydrogen-bond donors (Lipinski definition) is 3. The van der Waals surface area contributed by atoms with Crippen LogP contribution in [0, 0.1) is 5.92 Å². The predicted octanol–water partition coefficient (Wildman–Crippen LogP) is -0.592. The maximum absolute atomic E-state index is 8.95. The molecule has 0 saturated heterocycles. The Morgan fingerprint density at radius 3 is 2.57 bits per heavy atom. The molecule has 0 radical (unpaired) electrons. The number of aliphatic hydroxyl groups is 2. The molecule has 3 N–H and O–H groups in total. The molecule has 5 nitrogen and oxygen atoms in total. The molecule has 0 heterocycles. The fraction of sp³-hybridized carbons (Fsp3) is 1.00. The lowest BCUT2D eigenvalue weighted by Gasteiger charge is -2.19. The molecule has 5 heteroatoms. The Kier molecular flexibility index (Phi) is 9.23. The highest BCUT2D eigenvalue weighted by Crippen LogP contribution is 1.94. The van der Waals surface area contributed by atoms with Gasteiger partial charge < -0.3 is 14.9 Å². The van der Waals surface area contributed by atoms with E-state index in [2.05, 4.69) is 19.2 Å². The van der Waals surface area contributed by atoms with Crippen LogP contribution in [0.4, 0.5) is 0 Å². The zero-order valence-corrected chi connectivity index (χ0v) is 9.07. The summed E-state index contributed by atoms with van der Waals surface area (Å²) in [7, 11) is 0. The molecule has 0 saturated carbocycles. The van der Waals surface area contributed by atoms with Gasteiger partial charge in [0.1, 0.15) is 6.73 Å². The van der Waals surface area contributed by atoms with E-state index < -0.39 is 0 Å². The third-order valence-corrected chi connectivity index (χ3v) is 1.64. The molecule has 14 heavy (non-hydrogen) atoms. The molecule has 0 atom stereocenters. The van der Waals surface area contributed by atoms with Gasteiger partial charge in [0.2, 0.25) is 0 Å². The van der Waals surface area contributed by atoms with Crippen molar-refractivity contribution in [2.75, 3.05) is 39.9 Å². The first-order valence-electron chi connectivity index (χ1n) is 4.93. The zero-order valence-electron chi connectivity index (χ0n) is 9.07. The van der Waals surface area contributed by atoms with Gasteiger partial charge in [0.15, 0.2) is 0 Å². The number of nitrogens with one attached hydrogen (secondary N) is 1. The standard InChI is InChI=1S/C9H22N2O3/c1-9(2)5-14-8-11(7-13)4-3-10-6-12/h9-10,12-13H,3-8H2,1-2H3. The fourth-order valence-corrected chi connectivity index (χ4v) is 0.910. The van der Waals surface area contributed by atoms with E-state index in [0.29, 0.717) is 32.3 Å². The number of nitrogens with zero attached hydrogens (tertiary/aromatic N) is 1. The van der Waals surface area contributed by atoms with Crippen LogP contribution in [0.3, 0.4) is 0 Å². The molecule has 0 aromatic carbocycles. The summed E-state index contributed by atoms with van der Waals surface area (Å²) in [6.45, 7) is 6.54. The molecule has 0 unspecified atom stereocenters. The summed E-state index contributed by atoms with van der Waals surface area (Å²) in [5.74, 6) is 0.506. The lowest BCUT2D eigenvalue weighted by atomic mass is 10.2. The first-order chi connectivity index (χ1) is 6.70. The van der Waals surface area contributed by atoms with E-state index in [9.17, 15) is 0 Å². The summed E-state index contributed by atoms with van der Waals surface area (Å²) in [5, 5.41) is 20.2. The minimum Gasteiger partial charge on any atom is -0.381 e. The molecule has 0 aliphatic carbocycles. The van der Waals surface area contributed by atoms with E-state index in [-0.39, 0.29) is 13.5 Å². The molecule has 0 fully saturated rings. The molecule has 0 rings (SSSR count). The van der Waals surface area contributed by atoms with Gasteiger partial charge in [-0.1, -0.05) is 13.8 Å². The van der Waals surface area contributed by atoms with Crippen molar-refractivity contribution < 1.29 is 14.9 Å². The Morgan fingerprint density at radius 2 is 2.07 bits per heavy atom. The van der Waals surface area contributed by atoms with Gasteiger partial charge in [-0.25, -0.2) is 0 Å². The largest absolute Gasteiger partial charge is 0.381 e. The Bertz CT molecular complexity index is 123. The van der Waals surface area contributed by atoms with Gasteiger partial charge in [0.05, 0.1) is 20.1 Å². The molecule has 0 aromatic rings. The quantitative estimate of drug-likeness (QED) is 0.347. The summed E-state index contributed by atoms with van der Waals surface area (Å²) in [4.78, 5) is 1.76. The van der Waals surface area contributed by atoms with Crippen LogP contribution in [-0.2, 0) is 4.74 Å². The zero-order chi connectivity index (χ0) is 10.8. The lowest BCUT2D eigenvalue weighted by molar-refractivity contribution is -0.0239. The van der Waals surface area contributed by atoms with Crippen LogP contribution in [0.2, 0.25) is 0 Å². The average Bonchev–Trinajstić information content (AvgIpc) is 2.15. The van der Waals surface area contributed by atoms with Gasteiger partial charge in [-0.05, 0) is 5.92 Å². The normalized spacial score (nSPS) is 11.6. The molecular weight excluding hydrogens is 184 g/mol. The molecular formula is C9H22N2O3. The molecule has 0 bridgehead atoms. The van der Waals surface area contributed by atoms with E-state index in [1.54, 1.807) is 4.90 Å². The van der Waals surface area contributed by atoms with Crippen LogP contribution < -0.4 is 5.32 Å². The van der Waals surface area contributed by atoms with Crippen LogP contribution in [0.15, 0.2) is 0 Å². The first kappa shape index (κ1) is 13.8. The van der Waals surface area contributed by atoms with Gasteiger partial charge >= 0.3 is 0 Å². The van der Waals surface area contributed by atoms with Crippen molar-refractivity contribution in [3.8, 4) is 0 Å². The summed E-state index contributed by atoms with van der Waals surface area (Å²) >= 11 is 0. The van der Waals surface area contributed by atoms with E-state index in [1.165, 1.54) is 0 Å². The van der Waals surface area contributed by atoms with E-state index >= 15 is 0 Å². The third-order valence-electron chi connectivity index (χ3n) is 1.64. The third kappa shape index (κ3) is 8.40. The van der Waals surface area contributed by atoms with Gasteiger partial charge in [-0.2, -0.15) is 0 Å². The predicted molar refractivity (Wildman–Crippen MR) is 54.5 cm³/mol. The maximum Gasteiger partial charge on any atom is 0.101 e. The Hall–Kier alpha value is -0.200. The Morgan fingerprint density at radius 1 is 1.36 bits per heavy atom. The number of rotatable bonds is 9. The smallest absolute Gasteiger partial charge is 0.101 e. The molecule has 0 amide bonds. The van der Waals surface area contributed by atoms with Gasteiger partial charge in [0.25, 0.3) is 0 Å². The summed E-state index contributed by atoms with van der Waals surface area (Å²) in [6.07, 6.45) is 0. The highest BCUT2D eigenvalue weighted by Gasteiger charge is 2.02. The van der Waals surface area contributed by atoms with Gasteiger partial charge in [0, 0.05) is 13.1 Å². The molecule has 0 aromatic heterocycles. The van der Waals surface area contributed by atoms with Gasteiger partial charge in [-0.3, -0.25) is 10.2 Å². The molecule has 0 spiro atoms. The molecule has 0 aliphatic rings. The summed E-state index contributed by atoms with van der Waals surface area (Å²) < 4.78 is 5.35. The second-order valence-electron chi connectivity index (χ2n) is 3.59. The van der Waals surface area contributed by atoms with E-state index in [1.807, 2.05) is 0 Å². The van der Waals surface area contributed by atoms with Crippen molar-refractivity contribution >= 4 is 0 Å². The first-order valence-corrected chi connectivity index (χ1v) is 4.93. The summed E-state index contributed by atoms with van der Waals surface area (Å²) in [5.41, 5.74) is 0. The van der Waals surface area contributed by atoms with Crippen molar-refractivity contribution in [3.05, 3.63) is 0 Å². The van der Waals surface area contributed by atoms with Gasteiger partial charge in [-0.15, -0.1) is 0 Å². The number of ether oxygens (including phenoxy) is 1. The van der Waals surface area contributed by atoms with Crippen molar-refractivity contribution in [1.29, 1.82) is 0 Å². The van der Waals surface area contributed by atoms with Crippen LogP contribution >= 0.6 is 0 Å². The van der Waals surface area contributed by atoms with Crippen LogP contribution in [0.25, 0.3) is 0 Å². The minimum atomic E-state index is -0.0356. The van der Waals surface area contributed by atoms with Crippen molar-refractivity contribution in [1.82, 2.24) is 10.2 Å². The van der Waals surface area contributed by atoms with Crippen molar-refractivity contribution in [3.63, 3.8) is 0 Å². The second-order valence-corrected chi connectivity index (χ2v) is 3.59. The monoisotopic (exact) mass is 206 g/mol. The Balaban J connectivity index is 3.38. The topological polar surface area (TPSA) is 65.0 Å². The fourth-order valence-electron chi connectivity index (χ4n) is 0.910. The highest BCUT2D eigenvalue weighted by molar-refractivity contribution is 4.50. The lowest BCUT2D eigenvalue weighted by Crippen LogP contribution is -2.35.